The highest BCUT2D eigenvalue weighted by molar-refractivity contribution is 7.18. The molecule has 0 amide bonds. The number of benzene rings is 1. The van der Waals surface area contributed by atoms with Crippen LogP contribution in [0.4, 0.5) is 18.3 Å². The largest absolute Gasteiger partial charge is 0.416 e. The van der Waals surface area contributed by atoms with Gasteiger partial charge in [0.15, 0.2) is 5.01 Å². The summed E-state index contributed by atoms with van der Waals surface area (Å²) in [7, 11) is 0. The van der Waals surface area contributed by atoms with Crippen molar-refractivity contribution in [2.24, 2.45) is 5.73 Å². The van der Waals surface area contributed by atoms with Gasteiger partial charge in [0.25, 0.3) is 0 Å². The fourth-order valence-electron chi connectivity index (χ4n) is 2.78. The molecular formula is C18H16F3N7S. The zero-order valence-electron chi connectivity index (χ0n) is 14.9. The number of hydrogen-bond donors (Lipinski definition) is 3. The minimum Gasteiger partial charge on any atom is -0.359 e. The Labute approximate surface area is 167 Å². The molecule has 7 nitrogen and oxygen atoms in total. The Kier molecular flexibility index (Phi) is 5.16. The molecule has 1 aromatic carbocycles. The lowest BCUT2D eigenvalue weighted by Gasteiger charge is -2.13. The van der Waals surface area contributed by atoms with Crippen molar-refractivity contribution >= 4 is 27.4 Å². The van der Waals surface area contributed by atoms with Crippen LogP contribution in [-0.2, 0) is 12.6 Å². The summed E-state index contributed by atoms with van der Waals surface area (Å²) in [5, 5.41) is 20.3. The van der Waals surface area contributed by atoms with Crippen molar-refractivity contribution in [3.8, 4) is 10.7 Å². The molecule has 4 rings (SSSR count). The maximum absolute atomic E-state index is 12.6. The van der Waals surface area contributed by atoms with Crippen molar-refractivity contribution in [2.75, 3.05) is 11.9 Å². The molecule has 0 fully saturated rings. The SMILES string of the molecule is N[C@H](CNc1nnc(-c2cc3cn[nH]c3cn2)s1)Cc1ccc(C(F)(F)F)cc1. The summed E-state index contributed by atoms with van der Waals surface area (Å²) in [5.74, 6) is 0. The number of nitrogens with zero attached hydrogens (tertiary/aromatic N) is 4. The summed E-state index contributed by atoms with van der Waals surface area (Å²) in [6.45, 7) is 0.407. The maximum Gasteiger partial charge on any atom is 0.416 e. The summed E-state index contributed by atoms with van der Waals surface area (Å²) in [6.07, 6.45) is -0.503. The van der Waals surface area contributed by atoms with Gasteiger partial charge >= 0.3 is 6.18 Å². The second kappa shape index (κ2) is 7.76. The van der Waals surface area contributed by atoms with E-state index in [1.807, 2.05) is 6.07 Å². The van der Waals surface area contributed by atoms with E-state index in [0.717, 1.165) is 28.6 Å². The molecule has 0 spiro atoms. The molecule has 0 saturated carbocycles. The monoisotopic (exact) mass is 419 g/mol. The molecular weight excluding hydrogens is 403 g/mol. The predicted octanol–water partition coefficient (Wildman–Crippen LogP) is 3.48. The Morgan fingerprint density at radius 1 is 1.14 bits per heavy atom. The van der Waals surface area contributed by atoms with Crippen LogP contribution in [0.5, 0.6) is 0 Å². The first-order valence-electron chi connectivity index (χ1n) is 8.67. The average Bonchev–Trinajstić information content (AvgIpc) is 3.35. The number of aromatic nitrogens is 5. The molecule has 29 heavy (non-hydrogen) atoms. The van der Waals surface area contributed by atoms with Gasteiger partial charge in [-0.1, -0.05) is 23.5 Å². The van der Waals surface area contributed by atoms with Gasteiger partial charge in [0.2, 0.25) is 5.13 Å². The van der Waals surface area contributed by atoms with Crippen LogP contribution < -0.4 is 11.1 Å². The van der Waals surface area contributed by atoms with E-state index in [4.69, 9.17) is 5.73 Å². The molecule has 3 heterocycles. The molecule has 0 aliphatic heterocycles. The fourth-order valence-corrected chi connectivity index (χ4v) is 3.50. The number of aromatic amines is 1. The lowest BCUT2D eigenvalue weighted by Crippen LogP contribution is -2.31. The fraction of sp³-hybridized carbons (Fsp3) is 0.222. The molecule has 4 aromatic rings. The number of H-pyrrole nitrogens is 1. The Morgan fingerprint density at radius 3 is 2.69 bits per heavy atom. The number of alkyl halides is 3. The molecule has 150 valence electrons. The van der Waals surface area contributed by atoms with E-state index in [2.05, 4.69) is 30.7 Å². The number of halogens is 3. The van der Waals surface area contributed by atoms with Crippen molar-refractivity contribution in [3.05, 3.63) is 53.9 Å². The number of anilines is 1. The van der Waals surface area contributed by atoms with Gasteiger partial charge in [-0.2, -0.15) is 18.3 Å². The molecule has 0 aliphatic rings. The highest BCUT2D eigenvalue weighted by atomic mass is 32.1. The van der Waals surface area contributed by atoms with Crippen LogP contribution in [0.2, 0.25) is 0 Å². The molecule has 0 radical (unpaired) electrons. The number of pyridine rings is 1. The standard InChI is InChI=1S/C18H16F3N7S/c19-18(20,21)12-3-1-10(2-4-12)5-13(22)8-24-17-28-27-16(29-17)14-6-11-7-25-26-15(11)9-23-14/h1-4,6-7,9,13H,5,8,22H2,(H,24,28)(H,25,26)/t13-/m0/s1. The zero-order chi connectivity index (χ0) is 20.4. The van der Waals surface area contributed by atoms with Gasteiger partial charge in [0, 0.05) is 18.0 Å². The molecule has 1 atom stereocenters. The van der Waals surface area contributed by atoms with Crippen LogP contribution in [0.15, 0.2) is 42.7 Å². The van der Waals surface area contributed by atoms with E-state index in [-0.39, 0.29) is 6.04 Å². The third-order valence-corrected chi connectivity index (χ3v) is 5.17. The number of rotatable bonds is 6. The number of hydrogen-bond acceptors (Lipinski definition) is 7. The predicted molar refractivity (Wildman–Crippen MR) is 104 cm³/mol. The lowest BCUT2D eigenvalue weighted by atomic mass is 10.0. The summed E-state index contributed by atoms with van der Waals surface area (Å²) in [4.78, 5) is 4.34. The van der Waals surface area contributed by atoms with Crippen LogP contribution in [0.1, 0.15) is 11.1 Å². The lowest BCUT2D eigenvalue weighted by molar-refractivity contribution is -0.137. The number of nitrogens with two attached hydrogens (primary N) is 1. The first kappa shape index (κ1) is 19.3. The molecule has 4 N–H and O–H groups in total. The average molecular weight is 419 g/mol. The highest BCUT2D eigenvalue weighted by Gasteiger charge is 2.29. The van der Waals surface area contributed by atoms with Crippen molar-refractivity contribution in [2.45, 2.75) is 18.6 Å². The third-order valence-electron chi connectivity index (χ3n) is 4.26. The molecule has 3 aromatic heterocycles. The molecule has 11 heteroatoms. The molecule has 0 saturated heterocycles. The van der Waals surface area contributed by atoms with Crippen LogP contribution in [0, 0.1) is 0 Å². The second-order valence-corrected chi connectivity index (χ2v) is 7.46. The van der Waals surface area contributed by atoms with E-state index < -0.39 is 11.7 Å². The molecule has 0 bridgehead atoms. The highest BCUT2D eigenvalue weighted by Crippen LogP contribution is 2.29. The topological polar surface area (TPSA) is 105 Å². The Balaban J connectivity index is 1.34. The van der Waals surface area contributed by atoms with Gasteiger partial charge < -0.3 is 11.1 Å². The van der Waals surface area contributed by atoms with Crippen molar-refractivity contribution in [1.82, 2.24) is 25.4 Å². The van der Waals surface area contributed by atoms with E-state index in [1.54, 1.807) is 12.4 Å². The van der Waals surface area contributed by atoms with Gasteiger partial charge in [-0.3, -0.25) is 10.1 Å². The first-order chi connectivity index (χ1) is 13.9. The minimum absolute atomic E-state index is 0.292. The maximum atomic E-state index is 12.6. The Hall–Kier alpha value is -3.05. The van der Waals surface area contributed by atoms with E-state index >= 15 is 0 Å². The van der Waals surface area contributed by atoms with Crippen molar-refractivity contribution in [3.63, 3.8) is 0 Å². The summed E-state index contributed by atoms with van der Waals surface area (Å²) < 4.78 is 37.9. The van der Waals surface area contributed by atoms with Gasteiger partial charge in [-0.25, -0.2) is 0 Å². The van der Waals surface area contributed by atoms with E-state index in [9.17, 15) is 13.2 Å². The van der Waals surface area contributed by atoms with Crippen molar-refractivity contribution in [1.29, 1.82) is 0 Å². The smallest absolute Gasteiger partial charge is 0.359 e. The zero-order valence-corrected chi connectivity index (χ0v) is 15.8. The summed E-state index contributed by atoms with van der Waals surface area (Å²) in [6, 6.07) is 6.61. The quantitative estimate of drug-likeness (QED) is 0.442. The van der Waals surface area contributed by atoms with Crippen molar-refractivity contribution < 1.29 is 13.2 Å². The van der Waals surface area contributed by atoms with E-state index in [1.165, 1.54) is 23.5 Å². The summed E-state index contributed by atoms with van der Waals surface area (Å²) >= 11 is 1.34. The van der Waals surface area contributed by atoms with Crippen LogP contribution in [0.25, 0.3) is 21.6 Å². The van der Waals surface area contributed by atoms with E-state index in [0.29, 0.717) is 28.8 Å². The van der Waals surface area contributed by atoms with Crippen LogP contribution in [0.3, 0.4) is 0 Å². The Bertz CT molecular complexity index is 1100. The first-order valence-corrected chi connectivity index (χ1v) is 9.49. The number of fused-ring (bicyclic) bond motifs is 1. The minimum atomic E-state index is -4.34. The molecule has 0 aliphatic carbocycles. The molecule has 0 unspecified atom stereocenters. The van der Waals surface area contributed by atoms with Crippen LogP contribution in [-0.4, -0.2) is 38.0 Å². The van der Waals surface area contributed by atoms with Crippen LogP contribution >= 0.6 is 11.3 Å². The van der Waals surface area contributed by atoms with Gasteiger partial charge in [0.1, 0.15) is 5.69 Å². The summed E-state index contributed by atoms with van der Waals surface area (Å²) in [5.41, 5.74) is 7.70. The van der Waals surface area contributed by atoms with Gasteiger partial charge in [-0.15, -0.1) is 10.2 Å². The van der Waals surface area contributed by atoms with Gasteiger partial charge in [0.05, 0.1) is 23.5 Å². The Morgan fingerprint density at radius 2 is 1.93 bits per heavy atom. The second-order valence-electron chi connectivity index (χ2n) is 6.48. The number of nitrogens with one attached hydrogen (secondary N) is 2. The normalized spacial score (nSPS) is 13.0. The van der Waals surface area contributed by atoms with Gasteiger partial charge in [-0.05, 0) is 30.2 Å². The third kappa shape index (κ3) is 4.51.